The van der Waals surface area contributed by atoms with Crippen LogP contribution in [0.1, 0.15) is 51.9 Å². The highest BCUT2D eigenvalue weighted by molar-refractivity contribution is 7.85. The normalized spacial score (nSPS) is 13.7. The summed E-state index contributed by atoms with van der Waals surface area (Å²) in [5.74, 6) is 0. The molecule has 298 valence electrons. The number of aromatic nitrogens is 4. The Morgan fingerprint density at radius 3 is 2.30 bits per heavy atom. The smallest absolute Gasteiger partial charge is 0.416 e. The van der Waals surface area contributed by atoms with Gasteiger partial charge in [-0.05, 0) is 117 Å². The van der Waals surface area contributed by atoms with E-state index < -0.39 is 45.7 Å². The lowest BCUT2D eigenvalue weighted by Gasteiger charge is -2.31. The van der Waals surface area contributed by atoms with Gasteiger partial charge in [0.25, 0.3) is 10.1 Å². The van der Waals surface area contributed by atoms with Crippen molar-refractivity contribution in [2.24, 2.45) is 0 Å². The van der Waals surface area contributed by atoms with Crippen LogP contribution in [0.4, 0.5) is 22.8 Å². The Balaban J connectivity index is 1.21. The first kappa shape index (κ1) is 40.5. The summed E-state index contributed by atoms with van der Waals surface area (Å²) in [5.41, 5.74) is 1.93. The average Bonchev–Trinajstić information content (AvgIpc) is 3.75. The van der Waals surface area contributed by atoms with E-state index in [-0.39, 0.29) is 66.6 Å². The molecule has 1 saturated heterocycles. The molecule has 2 N–H and O–H groups in total. The second-order valence-corrected chi connectivity index (χ2v) is 15.1. The molecule has 3 heterocycles. The van der Waals surface area contributed by atoms with Crippen molar-refractivity contribution < 1.29 is 40.5 Å². The van der Waals surface area contributed by atoms with E-state index in [1.807, 2.05) is 13.0 Å². The minimum atomic E-state index is -4.69. The third-order valence-corrected chi connectivity index (χ3v) is 11.3. The summed E-state index contributed by atoms with van der Waals surface area (Å²) in [5, 5.41) is 16.5. The van der Waals surface area contributed by atoms with Crippen molar-refractivity contribution in [1.82, 2.24) is 29.1 Å². The molecule has 2 aromatic heterocycles. The predicted molar refractivity (Wildman–Crippen MR) is 201 cm³/mol. The molecule has 0 radical (unpaired) electrons. The van der Waals surface area contributed by atoms with Gasteiger partial charge in [0.15, 0.2) is 0 Å². The van der Waals surface area contributed by atoms with Gasteiger partial charge in [-0.15, -0.1) is 0 Å². The Labute approximate surface area is 325 Å². The number of benzene rings is 3. The number of nitriles is 1. The minimum absolute atomic E-state index is 0.0588. The van der Waals surface area contributed by atoms with E-state index in [1.165, 1.54) is 40.9 Å². The Bertz CT molecular complexity index is 2580. The summed E-state index contributed by atoms with van der Waals surface area (Å²) in [4.78, 5) is 42.5. The van der Waals surface area contributed by atoms with Crippen LogP contribution in [0.25, 0.3) is 22.8 Å². The maximum absolute atomic E-state index is 14.2. The summed E-state index contributed by atoms with van der Waals surface area (Å²) in [7, 11) is -4.45. The van der Waals surface area contributed by atoms with Crippen molar-refractivity contribution in [3.05, 3.63) is 116 Å². The average molecular weight is 806 g/mol. The Kier molecular flexibility index (Phi) is 11.2. The SMILES string of the molecule is Cc1c(CCOC(=O)N2CCC(NC(=O)n3c(-c4ccnn4-c4ccc(C#N)cc4)c(C)n(-c4cccc(C(F)(F)F)c4)c3=O)CC2)cc(S(=O)(=O)O)c(C)c1C. The number of hydrogen-bond acceptors (Lipinski definition) is 8. The van der Waals surface area contributed by atoms with Crippen molar-refractivity contribution in [2.45, 2.75) is 64.1 Å². The molecule has 0 bridgehead atoms. The first-order valence-electron chi connectivity index (χ1n) is 17.8. The summed E-state index contributed by atoms with van der Waals surface area (Å²) in [6.07, 6.45) is -3.09. The van der Waals surface area contributed by atoms with E-state index in [0.717, 1.165) is 26.8 Å². The highest BCUT2D eigenvalue weighted by atomic mass is 32.2. The number of amides is 2. The molecule has 0 unspecified atom stereocenters. The van der Waals surface area contributed by atoms with Gasteiger partial charge in [-0.1, -0.05) is 6.07 Å². The lowest BCUT2D eigenvalue weighted by molar-refractivity contribution is -0.137. The van der Waals surface area contributed by atoms with E-state index in [0.29, 0.717) is 27.9 Å². The van der Waals surface area contributed by atoms with Gasteiger partial charge in [-0.3, -0.25) is 9.12 Å². The van der Waals surface area contributed by atoms with Crippen LogP contribution in [0.3, 0.4) is 0 Å². The number of piperidine rings is 1. The standard InChI is InChI=1S/C39H38F3N7O7S/c1-23-24(2)28(20-34(25(23)3)57(53,54)55)15-19-56-38(52)46-17-13-30(14-18-46)45-36(50)48-35(33-12-16-44-49(33)31-10-8-27(22-43)9-11-31)26(4)47(37(48)51)32-7-5-6-29(21-32)39(40,41)42/h5-12,16,20-21,30H,13-15,17-19H2,1-4H3,(H,45,50)(H,53,54,55). The summed E-state index contributed by atoms with van der Waals surface area (Å²) in [6.45, 7) is 6.99. The van der Waals surface area contributed by atoms with Gasteiger partial charge < -0.3 is 15.0 Å². The third kappa shape index (κ3) is 8.20. The number of nitrogens with one attached hydrogen (secondary N) is 1. The number of carbonyl (C=O) groups excluding carboxylic acids is 2. The van der Waals surface area contributed by atoms with E-state index >= 15 is 0 Å². The zero-order chi connectivity index (χ0) is 41.4. The van der Waals surface area contributed by atoms with Crippen molar-refractivity contribution in [2.75, 3.05) is 19.7 Å². The molecule has 6 rings (SSSR count). The fourth-order valence-electron chi connectivity index (χ4n) is 6.98. The fraction of sp³-hybridized carbons (Fsp3) is 0.308. The van der Waals surface area contributed by atoms with E-state index in [1.54, 1.807) is 44.2 Å². The van der Waals surface area contributed by atoms with Crippen LogP contribution in [0, 0.1) is 39.0 Å². The molecular weight excluding hydrogens is 768 g/mol. The van der Waals surface area contributed by atoms with Crippen molar-refractivity contribution >= 4 is 22.2 Å². The Hall–Kier alpha value is -6.19. The van der Waals surface area contributed by atoms with Gasteiger partial charge >= 0.3 is 24.0 Å². The minimum Gasteiger partial charge on any atom is -0.449 e. The van der Waals surface area contributed by atoms with Crippen LogP contribution < -0.4 is 11.0 Å². The monoisotopic (exact) mass is 805 g/mol. The molecule has 1 fully saturated rings. The van der Waals surface area contributed by atoms with Gasteiger partial charge in [0, 0.05) is 25.6 Å². The number of ether oxygens (including phenoxy) is 1. The fourth-order valence-corrected chi connectivity index (χ4v) is 7.81. The zero-order valence-corrected chi connectivity index (χ0v) is 32.1. The largest absolute Gasteiger partial charge is 0.449 e. The van der Waals surface area contributed by atoms with E-state index in [9.17, 15) is 45.8 Å². The van der Waals surface area contributed by atoms with Crippen LogP contribution in [0.15, 0.2) is 76.6 Å². The molecule has 0 aliphatic carbocycles. The van der Waals surface area contributed by atoms with Gasteiger partial charge in [0.05, 0.1) is 57.7 Å². The zero-order valence-electron chi connectivity index (χ0n) is 31.3. The molecule has 0 saturated carbocycles. The maximum Gasteiger partial charge on any atom is 0.416 e. The van der Waals surface area contributed by atoms with Crippen molar-refractivity contribution in [3.63, 3.8) is 0 Å². The lowest BCUT2D eigenvalue weighted by atomic mass is 9.97. The molecule has 2 amide bonds. The second kappa shape index (κ2) is 15.7. The predicted octanol–water partition coefficient (Wildman–Crippen LogP) is 6.26. The Morgan fingerprint density at radius 2 is 1.67 bits per heavy atom. The summed E-state index contributed by atoms with van der Waals surface area (Å²) in [6, 6.07) is 14.2. The number of carbonyl (C=O) groups is 2. The molecule has 0 atom stereocenters. The molecular formula is C39H38F3N7O7S. The Morgan fingerprint density at radius 1 is 0.982 bits per heavy atom. The van der Waals surface area contributed by atoms with E-state index in [4.69, 9.17) is 4.74 Å². The molecule has 5 aromatic rings. The summed E-state index contributed by atoms with van der Waals surface area (Å²) >= 11 is 0. The molecule has 1 aliphatic rings. The van der Waals surface area contributed by atoms with Crippen LogP contribution in [0.5, 0.6) is 0 Å². The molecule has 14 nitrogen and oxygen atoms in total. The highest BCUT2D eigenvalue weighted by Crippen LogP contribution is 2.32. The van der Waals surface area contributed by atoms with Crippen LogP contribution >= 0.6 is 0 Å². The number of halogens is 3. The molecule has 18 heteroatoms. The quantitative estimate of drug-likeness (QED) is 0.171. The van der Waals surface area contributed by atoms with E-state index in [2.05, 4.69) is 10.4 Å². The highest BCUT2D eigenvalue weighted by Gasteiger charge is 2.33. The van der Waals surface area contributed by atoms with Crippen LogP contribution in [0.2, 0.25) is 0 Å². The molecule has 0 spiro atoms. The number of imidazole rings is 1. The van der Waals surface area contributed by atoms with Gasteiger partial charge in [-0.25, -0.2) is 23.6 Å². The summed E-state index contributed by atoms with van der Waals surface area (Å²) < 4.78 is 83.4. The number of alkyl halides is 3. The number of hydrogen-bond donors (Lipinski definition) is 2. The number of likely N-dealkylation sites (tertiary alicyclic amines) is 1. The van der Waals surface area contributed by atoms with Crippen molar-refractivity contribution in [3.8, 4) is 28.8 Å². The number of nitrogens with zero attached hydrogens (tertiary/aromatic N) is 6. The van der Waals surface area contributed by atoms with Crippen molar-refractivity contribution in [1.29, 1.82) is 5.26 Å². The van der Waals surface area contributed by atoms with Gasteiger partial charge in [0.2, 0.25) is 0 Å². The molecule has 1 aliphatic heterocycles. The van der Waals surface area contributed by atoms with Gasteiger partial charge in [-0.2, -0.15) is 31.9 Å². The number of rotatable bonds is 8. The first-order valence-corrected chi connectivity index (χ1v) is 19.2. The second-order valence-electron chi connectivity index (χ2n) is 13.7. The maximum atomic E-state index is 14.2. The van der Waals surface area contributed by atoms with Crippen LogP contribution in [-0.4, -0.2) is 74.6 Å². The van der Waals surface area contributed by atoms with Crippen LogP contribution in [-0.2, 0) is 27.5 Å². The third-order valence-electron chi connectivity index (χ3n) is 10.3. The molecule has 57 heavy (non-hydrogen) atoms. The molecule has 3 aromatic carbocycles. The van der Waals surface area contributed by atoms with Gasteiger partial charge in [0.1, 0.15) is 5.69 Å². The first-order chi connectivity index (χ1) is 26.9. The topological polar surface area (TPSA) is 182 Å². The lowest BCUT2D eigenvalue weighted by Crippen LogP contribution is -2.49.